The van der Waals surface area contributed by atoms with Crippen molar-refractivity contribution in [2.45, 2.75) is 46.2 Å². The van der Waals surface area contributed by atoms with E-state index in [9.17, 15) is 14.4 Å². The normalized spacial score (nSPS) is 13.4. The topological polar surface area (TPSA) is 105 Å². The number of carboxylic acids is 1. The quantitative estimate of drug-likeness (QED) is 0.762. The van der Waals surface area contributed by atoms with Gasteiger partial charge in [0, 0.05) is 18.5 Å². The molecule has 0 fully saturated rings. The molecule has 2 unspecified atom stereocenters. The van der Waals surface area contributed by atoms with Gasteiger partial charge in [0.1, 0.15) is 17.4 Å². The van der Waals surface area contributed by atoms with Crippen molar-refractivity contribution < 1.29 is 19.5 Å². The Morgan fingerprint density at radius 3 is 2.58 bits per heavy atom. The van der Waals surface area contributed by atoms with Crippen LogP contribution >= 0.6 is 11.3 Å². The number of aliphatic carboxylic acids is 1. The lowest BCUT2D eigenvalue weighted by molar-refractivity contribution is -0.146. The van der Waals surface area contributed by atoms with Crippen LogP contribution in [0, 0.1) is 6.92 Å². The first kappa shape index (κ1) is 19.9. The highest BCUT2D eigenvalue weighted by Crippen LogP contribution is 2.27. The highest BCUT2D eigenvalue weighted by atomic mass is 32.1. The van der Waals surface area contributed by atoms with Crippen LogP contribution in [0.5, 0.6) is 0 Å². The molecule has 0 aliphatic rings. The van der Waals surface area contributed by atoms with Crippen LogP contribution in [0.4, 0.5) is 0 Å². The number of carbonyl (C=O) groups excluding carboxylic acids is 2. The lowest BCUT2D eigenvalue weighted by atomic mass is 10.1. The largest absolute Gasteiger partial charge is 0.480 e. The predicted molar refractivity (Wildman–Crippen MR) is 99.4 cm³/mol. The van der Waals surface area contributed by atoms with Gasteiger partial charge in [-0.15, -0.1) is 11.3 Å². The Hall–Kier alpha value is -2.42. The summed E-state index contributed by atoms with van der Waals surface area (Å²) in [5.41, 5.74) is 0.839. The van der Waals surface area contributed by atoms with Crippen molar-refractivity contribution in [1.29, 1.82) is 0 Å². The second kappa shape index (κ2) is 7.86. The van der Waals surface area contributed by atoms with Gasteiger partial charge in [0.25, 0.3) is 5.91 Å². The monoisotopic (exact) mass is 380 g/mol. The van der Waals surface area contributed by atoms with Crippen molar-refractivity contribution in [1.82, 2.24) is 20.0 Å². The summed E-state index contributed by atoms with van der Waals surface area (Å²) in [7, 11) is 1.82. The summed E-state index contributed by atoms with van der Waals surface area (Å²) in [6.07, 6.45) is 0.627. The minimum atomic E-state index is -1.08. The standard InChI is InChI=1S/C17H24N4O4S/c1-6-9(2)21(8-14(22)23)16(25)11(4)18-15(24)13-7-12-10(3)19-20(5)17(12)26-13/h7,9,11H,6,8H2,1-5H3,(H,18,24)(H,22,23). The molecule has 0 aliphatic heterocycles. The van der Waals surface area contributed by atoms with Crippen LogP contribution in [0.25, 0.3) is 10.2 Å². The molecule has 9 heteroatoms. The Morgan fingerprint density at radius 1 is 1.38 bits per heavy atom. The number of fused-ring (bicyclic) bond motifs is 1. The average Bonchev–Trinajstić information content (AvgIpc) is 3.13. The zero-order valence-corrected chi connectivity index (χ0v) is 16.4. The third-order valence-corrected chi connectivity index (χ3v) is 5.55. The molecule has 0 saturated heterocycles. The first-order valence-corrected chi connectivity index (χ1v) is 9.23. The number of carboxylic acid groups (broad SMARTS) is 1. The third kappa shape index (κ3) is 4.04. The molecule has 8 nitrogen and oxygen atoms in total. The summed E-state index contributed by atoms with van der Waals surface area (Å²) in [5, 5.41) is 16.9. The Balaban J connectivity index is 2.14. The highest BCUT2D eigenvalue weighted by Gasteiger charge is 2.27. The van der Waals surface area contributed by atoms with Gasteiger partial charge in [0.2, 0.25) is 5.91 Å². The summed E-state index contributed by atoms with van der Waals surface area (Å²) in [6, 6.07) is 0.717. The van der Waals surface area contributed by atoms with Gasteiger partial charge in [-0.1, -0.05) is 6.92 Å². The van der Waals surface area contributed by atoms with Crippen molar-refractivity contribution in [2.24, 2.45) is 7.05 Å². The van der Waals surface area contributed by atoms with E-state index in [2.05, 4.69) is 10.4 Å². The molecular weight excluding hydrogens is 356 g/mol. The fourth-order valence-corrected chi connectivity index (χ4v) is 3.74. The van der Waals surface area contributed by atoms with E-state index in [0.29, 0.717) is 11.3 Å². The lowest BCUT2D eigenvalue weighted by Gasteiger charge is -2.29. The number of hydrogen-bond acceptors (Lipinski definition) is 5. The van der Waals surface area contributed by atoms with Gasteiger partial charge in [0.05, 0.1) is 10.6 Å². The molecule has 0 spiro atoms. The Bertz CT molecular complexity index is 807. The van der Waals surface area contributed by atoms with E-state index in [1.54, 1.807) is 24.6 Å². The number of carbonyl (C=O) groups is 3. The summed E-state index contributed by atoms with van der Waals surface area (Å²) >= 11 is 1.31. The fourth-order valence-electron chi connectivity index (χ4n) is 2.71. The Labute approximate surface area is 155 Å². The average molecular weight is 380 g/mol. The van der Waals surface area contributed by atoms with Gasteiger partial charge in [-0.3, -0.25) is 19.1 Å². The van der Waals surface area contributed by atoms with Crippen LogP contribution in [0.2, 0.25) is 0 Å². The maximum Gasteiger partial charge on any atom is 0.323 e. The lowest BCUT2D eigenvalue weighted by Crippen LogP contribution is -2.51. The first-order chi connectivity index (χ1) is 12.1. The highest BCUT2D eigenvalue weighted by molar-refractivity contribution is 7.20. The van der Waals surface area contributed by atoms with Gasteiger partial charge < -0.3 is 15.3 Å². The van der Waals surface area contributed by atoms with Gasteiger partial charge in [-0.25, -0.2) is 0 Å². The summed E-state index contributed by atoms with van der Waals surface area (Å²) < 4.78 is 1.72. The van der Waals surface area contributed by atoms with Crippen molar-refractivity contribution in [3.05, 3.63) is 16.6 Å². The SMILES string of the molecule is CCC(C)N(CC(=O)O)C(=O)C(C)NC(=O)c1cc2c(C)nn(C)c2s1. The molecular formula is C17H24N4O4S. The van der Waals surface area contributed by atoms with Gasteiger partial charge >= 0.3 is 5.97 Å². The van der Waals surface area contributed by atoms with Gasteiger partial charge in [-0.05, 0) is 33.3 Å². The summed E-state index contributed by atoms with van der Waals surface area (Å²) in [5.74, 6) is -1.84. The predicted octanol–water partition coefficient (Wildman–Crippen LogP) is 1.77. The fraction of sp³-hybridized carbons (Fsp3) is 0.529. The van der Waals surface area contributed by atoms with Crippen LogP contribution in [0.1, 0.15) is 42.6 Å². The van der Waals surface area contributed by atoms with E-state index in [1.807, 2.05) is 20.9 Å². The summed E-state index contributed by atoms with van der Waals surface area (Å²) in [4.78, 5) is 38.8. The number of nitrogens with zero attached hydrogens (tertiary/aromatic N) is 3. The zero-order chi connectivity index (χ0) is 19.6. The molecule has 142 valence electrons. The number of amides is 2. The van der Waals surface area contributed by atoms with Gasteiger partial charge in [0.15, 0.2) is 0 Å². The Morgan fingerprint density at radius 2 is 2.04 bits per heavy atom. The molecule has 0 aliphatic carbocycles. The number of aromatic nitrogens is 2. The molecule has 2 atom stereocenters. The first-order valence-electron chi connectivity index (χ1n) is 8.41. The number of thiophene rings is 1. The molecule has 2 N–H and O–H groups in total. The number of hydrogen-bond donors (Lipinski definition) is 2. The van der Waals surface area contributed by atoms with Crippen LogP contribution in [0.3, 0.4) is 0 Å². The molecule has 2 amide bonds. The van der Waals surface area contributed by atoms with Crippen molar-refractivity contribution in [3.63, 3.8) is 0 Å². The number of rotatable bonds is 7. The van der Waals surface area contributed by atoms with E-state index >= 15 is 0 Å². The summed E-state index contributed by atoms with van der Waals surface area (Å²) in [6.45, 7) is 6.72. The number of nitrogens with one attached hydrogen (secondary N) is 1. The molecule has 0 bridgehead atoms. The van der Waals surface area contributed by atoms with Crippen molar-refractivity contribution >= 4 is 39.3 Å². The van der Waals surface area contributed by atoms with E-state index in [-0.39, 0.29) is 18.5 Å². The second-order valence-corrected chi connectivity index (χ2v) is 7.38. The van der Waals surface area contributed by atoms with E-state index < -0.39 is 17.9 Å². The molecule has 0 saturated carbocycles. The van der Waals surface area contributed by atoms with E-state index in [4.69, 9.17) is 5.11 Å². The third-order valence-electron chi connectivity index (χ3n) is 4.35. The van der Waals surface area contributed by atoms with Crippen molar-refractivity contribution in [3.8, 4) is 0 Å². The smallest absolute Gasteiger partial charge is 0.323 e. The van der Waals surface area contributed by atoms with E-state index in [0.717, 1.165) is 15.9 Å². The molecule has 2 rings (SSSR count). The van der Waals surface area contributed by atoms with Crippen LogP contribution in [-0.4, -0.2) is 56.2 Å². The maximum atomic E-state index is 12.6. The Kier molecular flexibility index (Phi) is 6.01. The molecule has 0 aromatic carbocycles. The molecule has 2 heterocycles. The van der Waals surface area contributed by atoms with Crippen molar-refractivity contribution in [2.75, 3.05) is 6.54 Å². The zero-order valence-electron chi connectivity index (χ0n) is 15.6. The van der Waals surface area contributed by atoms with E-state index in [1.165, 1.54) is 16.2 Å². The molecule has 2 aromatic rings. The minimum absolute atomic E-state index is 0.226. The second-order valence-electron chi connectivity index (χ2n) is 6.35. The maximum absolute atomic E-state index is 12.6. The van der Waals surface area contributed by atoms with Crippen LogP contribution in [0.15, 0.2) is 6.07 Å². The molecule has 0 radical (unpaired) electrons. The number of aryl methyl sites for hydroxylation is 2. The molecule has 26 heavy (non-hydrogen) atoms. The minimum Gasteiger partial charge on any atom is -0.480 e. The molecule has 2 aromatic heterocycles. The van der Waals surface area contributed by atoms with Crippen LogP contribution < -0.4 is 5.32 Å². The van der Waals surface area contributed by atoms with Gasteiger partial charge in [-0.2, -0.15) is 5.10 Å². The van der Waals surface area contributed by atoms with Crippen LogP contribution in [-0.2, 0) is 16.6 Å².